The fourth-order valence-corrected chi connectivity index (χ4v) is 8.95. The molecule has 1 atom stereocenters. The number of pyridine rings is 1. The average molecular weight is 613 g/mol. The summed E-state index contributed by atoms with van der Waals surface area (Å²) < 4.78 is 30.9. The van der Waals surface area contributed by atoms with Gasteiger partial charge in [0.2, 0.25) is 11.8 Å². The molecule has 3 fully saturated rings. The molecule has 0 saturated carbocycles. The molecule has 3 saturated heterocycles. The number of hydrogen-bond donors (Lipinski definition) is 0. The van der Waals surface area contributed by atoms with Crippen LogP contribution in [0.3, 0.4) is 0 Å². The first-order valence-corrected chi connectivity index (χ1v) is 18.3. The summed E-state index contributed by atoms with van der Waals surface area (Å²) in [7, 11) is -1.75. The second-order valence-electron chi connectivity index (χ2n) is 12.4. The van der Waals surface area contributed by atoms with Crippen LogP contribution in [0.25, 0.3) is 21.5 Å². The van der Waals surface area contributed by atoms with Gasteiger partial charge in [-0.3, -0.25) is 9.80 Å². The van der Waals surface area contributed by atoms with Gasteiger partial charge in [0.1, 0.15) is 0 Å². The van der Waals surface area contributed by atoms with E-state index < -0.39 is 9.84 Å². The SMILES string of the molecule is COc1ncc(-c2nc(N3CCCCC3)nc3c(CN4CCC(N5CCC[C@H]5C)CC4)c(C)sc23)cc1CS(C)(=O)=O. The number of nitrogens with zero attached hydrogens (tertiary/aromatic N) is 6. The molecule has 0 bridgehead atoms. The zero-order valence-electron chi connectivity index (χ0n) is 25.4. The van der Waals surface area contributed by atoms with E-state index in [0.717, 1.165) is 79.0 Å². The van der Waals surface area contributed by atoms with Gasteiger partial charge in [0.25, 0.3) is 0 Å². The minimum absolute atomic E-state index is 0.134. The Labute approximate surface area is 254 Å². The molecular formula is C31H44N6O3S2. The zero-order valence-corrected chi connectivity index (χ0v) is 27.1. The van der Waals surface area contributed by atoms with Gasteiger partial charge >= 0.3 is 0 Å². The third-order valence-electron chi connectivity index (χ3n) is 9.28. The van der Waals surface area contributed by atoms with Crippen LogP contribution in [0, 0.1) is 6.92 Å². The monoisotopic (exact) mass is 612 g/mol. The van der Waals surface area contributed by atoms with Crippen molar-refractivity contribution in [3.05, 3.63) is 28.3 Å². The van der Waals surface area contributed by atoms with Crippen molar-refractivity contribution in [2.24, 2.45) is 0 Å². The molecule has 3 aromatic heterocycles. The van der Waals surface area contributed by atoms with Gasteiger partial charge in [-0.1, -0.05) is 0 Å². The number of thiophene rings is 1. The second kappa shape index (κ2) is 12.3. The fourth-order valence-electron chi connectivity index (χ4n) is 7.07. The van der Waals surface area contributed by atoms with Gasteiger partial charge in [-0.05, 0) is 84.5 Å². The molecule has 42 heavy (non-hydrogen) atoms. The summed E-state index contributed by atoms with van der Waals surface area (Å²) in [6.45, 7) is 10.9. The molecule has 0 unspecified atom stereocenters. The Morgan fingerprint density at radius 2 is 1.79 bits per heavy atom. The van der Waals surface area contributed by atoms with E-state index in [0.29, 0.717) is 17.5 Å². The number of rotatable bonds is 8. The van der Waals surface area contributed by atoms with Crippen LogP contribution in [0.5, 0.6) is 5.88 Å². The third-order valence-corrected chi connectivity index (χ3v) is 11.3. The molecule has 0 N–H and O–H groups in total. The van der Waals surface area contributed by atoms with Crippen molar-refractivity contribution < 1.29 is 13.2 Å². The van der Waals surface area contributed by atoms with Gasteiger partial charge in [-0.25, -0.2) is 23.4 Å². The standard InChI is InChI=1S/C31H44N6O3S2/c1-21-9-8-14-37(21)25-10-15-35(16-11-25)19-26-22(2)41-29-27(33-31(34-28(26)29)36-12-6-5-7-13-36)23-17-24(20-42(4,38)39)30(40-3)32-18-23/h17-18,21,25H,5-16,19-20H2,1-4H3/t21-/m1/s1. The first kappa shape index (κ1) is 29.7. The summed E-state index contributed by atoms with van der Waals surface area (Å²) in [6.07, 6.45) is 11.6. The molecule has 3 aliphatic heterocycles. The Kier molecular flexibility index (Phi) is 8.73. The molecule has 0 aliphatic carbocycles. The van der Waals surface area contributed by atoms with Gasteiger partial charge in [0, 0.05) is 65.7 Å². The van der Waals surface area contributed by atoms with Crippen LogP contribution in [0.2, 0.25) is 0 Å². The fraction of sp³-hybridized carbons (Fsp3) is 0.645. The van der Waals surface area contributed by atoms with Crippen molar-refractivity contribution >= 4 is 37.3 Å². The van der Waals surface area contributed by atoms with Crippen molar-refractivity contribution in [3.63, 3.8) is 0 Å². The molecule has 9 nitrogen and oxygen atoms in total. The molecule has 3 aliphatic rings. The lowest BCUT2D eigenvalue weighted by molar-refractivity contribution is 0.100. The van der Waals surface area contributed by atoms with Crippen molar-refractivity contribution in [3.8, 4) is 17.1 Å². The highest BCUT2D eigenvalue weighted by molar-refractivity contribution is 7.89. The van der Waals surface area contributed by atoms with E-state index in [2.05, 4.69) is 33.5 Å². The number of methoxy groups -OCH3 is 1. The smallest absolute Gasteiger partial charge is 0.226 e. The van der Waals surface area contributed by atoms with Gasteiger partial charge in [0.15, 0.2) is 9.84 Å². The molecule has 0 amide bonds. The van der Waals surface area contributed by atoms with Crippen molar-refractivity contribution in [2.45, 2.75) is 83.2 Å². The van der Waals surface area contributed by atoms with Crippen molar-refractivity contribution in [2.75, 3.05) is 51.0 Å². The Balaban J connectivity index is 1.36. The van der Waals surface area contributed by atoms with Crippen molar-refractivity contribution in [1.82, 2.24) is 24.8 Å². The van der Waals surface area contributed by atoms with E-state index >= 15 is 0 Å². The maximum atomic E-state index is 12.2. The number of hydrogen-bond acceptors (Lipinski definition) is 10. The second-order valence-corrected chi connectivity index (χ2v) is 15.8. The van der Waals surface area contributed by atoms with Gasteiger partial charge in [-0.2, -0.15) is 0 Å². The lowest BCUT2D eigenvalue weighted by Crippen LogP contribution is -2.45. The number of aryl methyl sites for hydroxylation is 1. The highest BCUT2D eigenvalue weighted by atomic mass is 32.2. The normalized spacial score (nSPS) is 21.4. The predicted octanol–water partition coefficient (Wildman–Crippen LogP) is 5.05. The number of likely N-dealkylation sites (tertiary alicyclic amines) is 2. The number of fused-ring (bicyclic) bond motifs is 1. The summed E-state index contributed by atoms with van der Waals surface area (Å²) >= 11 is 1.74. The Morgan fingerprint density at radius 3 is 2.45 bits per heavy atom. The minimum atomic E-state index is -3.28. The molecule has 3 aromatic rings. The van der Waals surface area contributed by atoms with E-state index in [1.165, 1.54) is 62.5 Å². The predicted molar refractivity (Wildman–Crippen MR) is 170 cm³/mol. The molecular weight excluding hydrogens is 569 g/mol. The van der Waals surface area contributed by atoms with E-state index in [1.54, 1.807) is 17.5 Å². The van der Waals surface area contributed by atoms with E-state index in [1.807, 2.05) is 6.07 Å². The first-order chi connectivity index (χ1) is 20.2. The largest absolute Gasteiger partial charge is 0.481 e. The number of aromatic nitrogens is 3. The van der Waals surface area contributed by atoms with Crippen LogP contribution in [-0.4, -0.2) is 91.3 Å². The summed E-state index contributed by atoms with van der Waals surface area (Å²) in [5, 5.41) is 0. The van der Waals surface area contributed by atoms with Crippen LogP contribution in [-0.2, 0) is 22.1 Å². The maximum absolute atomic E-state index is 12.2. The molecule has 0 aromatic carbocycles. The average Bonchev–Trinajstić information content (AvgIpc) is 3.54. The van der Waals surface area contributed by atoms with Gasteiger partial charge in [0.05, 0.1) is 28.8 Å². The lowest BCUT2D eigenvalue weighted by Gasteiger charge is -2.38. The van der Waals surface area contributed by atoms with Crippen LogP contribution < -0.4 is 9.64 Å². The highest BCUT2D eigenvalue weighted by Gasteiger charge is 2.31. The Morgan fingerprint density at radius 1 is 1.02 bits per heavy atom. The van der Waals surface area contributed by atoms with Gasteiger partial charge in [-0.15, -0.1) is 11.3 Å². The highest BCUT2D eigenvalue weighted by Crippen LogP contribution is 2.39. The summed E-state index contributed by atoms with van der Waals surface area (Å²) in [6, 6.07) is 3.31. The molecule has 6 rings (SSSR count). The number of anilines is 1. The molecule has 6 heterocycles. The van der Waals surface area contributed by atoms with E-state index in [9.17, 15) is 8.42 Å². The van der Waals surface area contributed by atoms with Crippen LogP contribution in [0.15, 0.2) is 12.3 Å². The maximum Gasteiger partial charge on any atom is 0.226 e. The minimum Gasteiger partial charge on any atom is -0.481 e. The summed E-state index contributed by atoms with van der Waals surface area (Å²) in [5.41, 5.74) is 4.49. The van der Waals surface area contributed by atoms with Crippen LogP contribution in [0.4, 0.5) is 5.95 Å². The third kappa shape index (κ3) is 6.30. The number of ether oxygens (including phenoxy) is 1. The van der Waals surface area contributed by atoms with Crippen molar-refractivity contribution in [1.29, 1.82) is 0 Å². The topological polar surface area (TPSA) is 91.8 Å². The van der Waals surface area contributed by atoms with E-state index in [4.69, 9.17) is 14.7 Å². The number of sulfone groups is 1. The number of piperidine rings is 2. The first-order valence-electron chi connectivity index (χ1n) is 15.4. The van der Waals surface area contributed by atoms with Crippen LogP contribution in [0.1, 0.15) is 67.9 Å². The lowest BCUT2D eigenvalue weighted by atomic mass is 10.0. The zero-order chi connectivity index (χ0) is 29.4. The summed E-state index contributed by atoms with van der Waals surface area (Å²) in [5.74, 6) is 0.962. The molecule has 11 heteroatoms. The quantitative estimate of drug-likeness (QED) is 0.346. The Hall–Kier alpha value is -2.34. The molecule has 228 valence electrons. The van der Waals surface area contributed by atoms with Crippen LogP contribution >= 0.6 is 11.3 Å². The van der Waals surface area contributed by atoms with Gasteiger partial charge < -0.3 is 9.64 Å². The Bertz CT molecular complexity index is 1530. The molecule has 0 spiro atoms. The summed E-state index contributed by atoms with van der Waals surface area (Å²) in [4.78, 5) is 23.8. The van der Waals surface area contributed by atoms with E-state index in [-0.39, 0.29) is 5.75 Å². The molecule has 0 radical (unpaired) electrons.